The van der Waals surface area contributed by atoms with E-state index in [9.17, 15) is 4.79 Å². The number of fused-ring (bicyclic) bond motifs is 2. The smallest absolute Gasteiger partial charge is 0.278 e. The summed E-state index contributed by atoms with van der Waals surface area (Å²) < 4.78 is 1.68. The average molecular weight is 455 g/mol. The second kappa shape index (κ2) is 8.29. The number of aromatic nitrogens is 5. The molecule has 8 heteroatoms. The van der Waals surface area contributed by atoms with Crippen LogP contribution in [0.3, 0.4) is 0 Å². The zero-order chi connectivity index (χ0) is 22.2. The first-order chi connectivity index (χ1) is 16.2. The largest absolute Gasteiger partial charge is 0.338 e. The monoisotopic (exact) mass is 454 g/mol. The number of aryl methyl sites for hydroxylation is 1. The summed E-state index contributed by atoms with van der Waals surface area (Å²) in [7, 11) is 0. The van der Waals surface area contributed by atoms with Crippen LogP contribution in [0.15, 0.2) is 60.8 Å². The van der Waals surface area contributed by atoms with E-state index in [-0.39, 0.29) is 5.91 Å². The maximum atomic E-state index is 13.1. The molecule has 1 amide bonds. The van der Waals surface area contributed by atoms with Crippen molar-refractivity contribution in [1.82, 2.24) is 25.0 Å². The lowest BCUT2D eigenvalue weighted by atomic mass is 9.95. The van der Waals surface area contributed by atoms with Gasteiger partial charge in [-0.2, -0.15) is 0 Å². The molecule has 1 aliphatic carbocycles. The molecule has 2 aromatic carbocycles. The molecule has 2 N–H and O–H groups in total. The summed E-state index contributed by atoms with van der Waals surface area (Å²) in [4.78, 5) is 22.7. The topological polar surface area (TPSA) is 88.5 Å². The van der Waals surface area contributed by atoms with Crippen molar-refractivity contribution in [3.8, 4) is 11.4 Å². The van der Waals surface area contributed by atoms with E-state index in [1.807, 2.05) is 54.6 Å². The van der Waals surface area contributed by atoms with Gasteiger partial charge in [-0.15, -0.1) is 16.4 Å². The minimum Gasteiger partial charge on any atom is -0.338 e. The Balaban J connectivity index is 1.31. The highest BCUT2D eigenvalue weighted by Gasteiger charge is 2.25. The maximum Gasteiger partial charge on any atom is 0.278 e. The van der Waals surface area contributed by atoms with Gasteiger partial charge in [-0.25, -0.2) is 9.67 Å². The summed E-state index contributed by atoms with van der Waals surface area (Å²) in [6.45, 7) is 0.568. The van der Waals surface area contributed by atoms with Gasteiger partial charge in [0.05, 0.1) is 29.3 Å². The number of para-hydroxylation sites is 2. The molecule has 6 rings (SSSR count). The van der Waals surface area contributed by atoms with Crippen LogP contribution in [0.25, 0.3) is 22.4 Å². The number of nitrogens with one attached hydrogen (secondary N) is 2. The lowest BCUT2D eigenvalue weighted by molar-refractivity contribution is 0.102. The zero-order valence-corrected chi connectivity index (χ0v) is 18.7. The number of amides is 1. The second-order valence-corrected chi connectivity index (χ2v) is 9.36. The fourth-order valence-electron chi connectivity index (χ4n) is 4.39. The Hall–Kier alpha value is -3.78. The van der Waals surface area contributed by atoms with Gasteiger partial charge in [0, 0.05) is 4.88 Å². The first-order valence-corrected chi connectivity index (χ1v) is 11.9. The standard InChI is InChI=1S/C25H22N6OS/c32-24(20-15-31(30-29-20)14-16-8-2-1-3-9-16)28-25-22(17-10-4-7-13-21(17)33-25)23-26-18-11-5-6-12-19(18)27-23/h1-3,5-6,8-9,11-12,15H,4,7,10,13-14H2,(H,26,27)(H,28,32). The van der Waals surface area contributed by atoms with Gasteiger partial charge in [0.1, 0.15) is 10.8 Å². The van der Waals surface area contributed by atoms with Crippen molar-refractivity contribution in [2.75, 3.05) is 5.32 Å². The molecule has 7 nitrogen and oxygen atoms in total. The lowest BCUT2D eigenvalue weighted by Gasteiger charge is -2.11. The van der Waals surface area contributed by atoms with Crippen LogP contribution in [-0.4, -0.2) is 30.9 Å². The molecule has 0 atom stereocenters. The van der Waals surface area contributed by atoms with Crippen molar-refractivity contribution in [3.63, 3.8) is 0 Å². The summed E-state index contributed by atoms with van der Waals surface area (Å²) >= 11 is 1.65. The van der Waals surface area contributed by atoms with Crippen molar-refractivity contribution in [3.05, 3.63) is 82.5 Å². The first-order valence-electron chi connectivity index (χ1n) is 11.1. The van der Waals surface area contributed by atoms with Crippen molar-refractivity contribution in [1.29, 1.82) is 0 Å². The predicted octanol–water partition coefficient (Wildman–Crippen LogP) is 5.06. The molecule has 0 bridgehead atoms. The minimum absolute atomic E-state index is 0.259. The third kappa shape index (κ3) is 3.82. The van der Waals surface area contributed by atoms with E-state index >= 15 is 0 Å². The SMILES string of the molecule is O=C(Nc1sc2c(c1-c1nc3ccccc3[nH]1)CCCC2)c1cn(Cc2ccccc2)nn1. The van der Waals surface area contributed by atoms with Crippen molar-refractivity contribution in [2.24, 2.45) is 0 Å². The number of rotatable bonds is 5. The fourth-order valence-corrected chi connectivity index (χ4v) is 5.68. The summed E-state index contributed by atoms with van der Waals surface area (Å²) in [5, 5.41) is 12.2. The molecule has 3 heterocycles. The number of nitrogens with zero attached hydrogens (tertiary/aromatic N) is 4. The number of hydrogen-bond donors (Lipinski definition) is 2. The van der Waals surface area contributed by atoms with Crippen LogP contribution >= 0.6 is 11.3 Å². The molecule has 5 aromatic rings. The Morgan fingerprint density at radius 3 is 2.76 bits per heavy atom. The van der Waals surface area contributed by atoms with Gasteiger partial charge in [-0.3, -0.25) is 4.79 Å². The highest BCUT2D eigenvalue weighted by atomic mass is 32.1. The van der Waals surface area contributed by atoms with Crippen LogP contribution < -0.4 is 5.32 Å². The Bertz CT molecular complexity index is 1420. The normalized spacial score (nSPS) is 13.2. The summed E-state index contributed by atoms with van der Waals surface area (Å²) in [5.74, 6) is 0.545. The molecule has 0 saturated heterocycles. The summed E-state index contributed by atoms with van der Waals surface area (Å²) in [6, 6.07) is 18.0. The number of aromatic amines is 1. The highest BCUT2D eigenvalue weighted by molar-refractivity contribution is 7.17. The minimum atomic E-state index is -0.259. The van der Waals surface area contributed by atoms with Crippen molar-refractivity contribution in [2.45, 2.75) is 32.2 Å². The number of H-pyrrole nitrogens is 1. The number of hydrogen-bond acceptors (Lipinski definition) is 5. The number of carbonyl (C=O) groups is 1. The number of benzene rings is 2. The number of anilines is 1. The third-order valence-corrected chi connectivity index (χ3v) is 7.19. The average Bonchev–Trinajstić information content (AvgIpc) is 3.55. The summed E-state index contributed by atoms with van der Waals surface area (Å²) in [6.07, 6.45) is 6.06. The Morgan fingerprint density at radius 1 is 1.06 bits per heavy atom. The third-order valence-electron chi connectivity index (χ3n) is 5.98. The van der Waals surface area contributed by atoms with Gasteiger partial charge in [0.2, 0.25) is 0 Å². The fraction of sp³-hybridized carbons (Fsp3) is 0.200. The molecule has 0 aliphatic heterocycles. The van der Waals surface area contributed by atoms with E-state index < -0.39 is 0 Å². The lowest BCUT2D eigenvalue weighted by Crippen LogP contribution is -2.12. The predicted molar refractivity (Wildman–Crippen MR) is 130 cm³/mol. The van der Waals surface area contributed by atoms with Crippen LogP contribution in [-0.2, 0) is 19.4 Å². The van der Waals surface area contributed by atoms with Gasteiger partial charge in [0.25, 0.3) is 5.91 Å². The Kier molecular flexibility index (Phi) is 4.99. The van der Waals surface area contributed by atoms with E-state index in [4.69, 9.17) is 4.98 Å². The molecule has 0 unspecified atom stereocenters. The van der Waals surface area contributed by atoms with Crippen LogP contribution in [0.4, 0.5) is 5.00 Å². The molecular formula is C25H22N6OS. The van der Waals surface area contributed by atoms with Gasteiger partial charge in [-0.1, -0.05) is 47.7 Å². The van der Waals surface area contributed by atoms with Crippen LogP contribution in [0.5, 0.6) is 0 Å². The van der Waals surface area contributed by atoms with Crippen LogP contribution in [0.2, 0.25) is 0 Å². The van der Waals surface area contributed by atoms with E-state index in [0.717, 1.165) is 52.2 Å². The molecule has 1 aliphatic rings. The van der Waals surface area contributed by atoms with E-state index in [2.05, 4.69) is 20.6 Å². The van der Waals surface area contributed by atoms with Gasteiger partial charge < -0.3 is 10.3 Å². The molecule has 0 fully saturated rings. The van der Waals surface area contributed by atoms with E-state index in [1.165, 1.54) is 16.9 Å². The number of carbonyl (C=O) groups excluding carboxylic acids is 1. The van der Waals surface area contributed by atoms with Crippen molar-refractivity contribution >= 4 is 33.3 Å². The van der Waals surface area contributed by atoms with Crippen molar-refractivity contribution < 1.29 is 4.79 Å². The first kappa shape index (κ1) is 19.9. The summed E-state index contributed by atoms with van der Waals surface area (Å²) in [5.41, 5.74) is 5.62. The molecule has 3 aromatic heterocycles. The van der Waals surface area contributed by atoms with Gasteiger partial charge >= 0.3 is 0 Å². The second-order valence-electron chi connectivity index (χ2n) is 8.26. The van der Waals surface area contributed by atoms with Gasteiger partial charge in [0.15, 0.2) is 5.69 Å². The molecule has 0 spiro atoms. The van der Waals surface area contributed by atoms with Gasteiger partial charge in [-0.05, 0) is 48.9 Å². The molecule has 0 radical (unpaired) electrons. The Morgan fingerprint density at radius 2 is 1.88 bits per heavy atom. The molecular weight excluding hydrogens is 432 g/mol. The Labute approximate surface area is 194 Å². The number of thiophene rings is 1. The van der Waals surface area contributed by atoms with Crippen LogP contribution in [0.1, 0.15) is 39.3 Å². The molecule has 33 heavy (non-hydrogen) atoms. The molecule has 0 saturated carbocycles. The quantitative estimate of drug-likeness (QED) is 0.388. The highest BCUT2D eigenvalue weighted by Crippen LogP contribution is 2.43. The van der Waals surface area contributed by atoms with E-state index in [1.54, 1.807) is 22.2 Å². The van der Waals surface area contributed by atoms with E-state index in [0.29, 0.717) is 12.2 Å². The van der Waals surface area contributed by atoms with Crippen LogP contribution in [0, 0.1) is 0 Å². The molecule has 164 valence electrons. The maximum absolute atomic E-state index is 13.1. The number of imidazole rings is 1. The zero-order valence-electron chi connectivity index (χ0n) is 17.9.